The first-order valence-electron chi connectivity index (χ1n) is 10.9. The van der Waals surface area contributed by atoms with Crippen molar-refractivity contribution < 1.29 is 19.7 Å². The van der Waals surface area contributed by atoms with E-state index in [1.54, 1.807) is 0 Å². The summed E-state index contributed by atoms with van der Waals surface area (Å²) < 4.78 is 7.69. The van der Waals surface area contributed by atoms with Gasteiger partial charge < -0.3 is 9.30 Å². The molecule has 0 amide bonds. The van der Waals surface area contributed by atoms with E-state index in [1.807, 2.05) is 91.4 Å². The highest BCUT2D eigenvalue weighted by atomic mass is 17.1. The number of hydrogen-bond acceptors (Lipinski definition) is 4. The second-order valence-electron chi connectivity index (χ2n) is 8.36. The lowest BCUT2D eigenvalue weighted by Gasteiger charge is -2.13. The quantitative estimate of drug-likeness (QED) is 0.238. The molecule has 1 heterocycles. The van der Waals surface area contributed by atoms with Crippen molar-refractivity contribution >= 4 is 11.9 Å². The number of carbonyl (C=O) groups is 1. The molecular formula is C27H31NO4. The maximum absolute atomic E-state index is 13.1. The van der Waals surface area contributed by atoms with Crippen LogP contribution in [0.5, 0.6) is 5.75 Å². The van der Waals surface area contributed by atoms with Crippen molar-refractivity contribution in [2.24, 2.45) is 0 Å². The van der Waals surface area contributed by atoms with Crippen LogP contribution in [-0.2, 0) is 11.4 Å². The molecular weight excluding hydrogens is 402 g/mol. The summed E-state index contributed by atoms with van der Waals surface area (Å²) in [6.45, 7) is 8.79. The molecule has 0 aliphatic rings. The minimum atomic E-state index is -0.259. The molecule has 3 rings (SSSR count). The summed E-state index contributed by atoms with van der Waals surface area (Å²) in [7, 11) is 0. The highest BCUT2D eigenvalue weighted by Gasteiger charge is 2.14. The molecule has 5 nitrogen and oxygen atoms in total. The Morgan fingerprint density at radius 3 is 2.53 bits per heavy atom. The summed E-state index contributed by atoms with van der Waals surface area (Å²) in [5.74, 6) is 1.16. The monoisotopic (exact) mass is 433 g/mol. The minimum Gasteiger partial charge on any atom is -0.488 e. The Morgan fingerprint density at radius 1 is 1.09 bits per heavy atom. The number of aryl methyl sites for hydroxylation is 1. The van der Waals surface area contributed by atoms with Crippen molar-refractivity contribution in [2.45, 2.75) is 46.3 Å². The number of ketones is 1. The molecule has 0 unspecified atom stereocenters. The number of carbonyl (C=O) groups excluding carboxylic acids is 1. The Balaban J connectivity index is 1.71. The van der Waals surface area contributed by atoms with E-state index in [4.69, 9.17) is 9.99 Å². The van der Waals surface area contributed by atoms with Gasteiger partial charge in [0.25, 0.3) is 0 Å². The highest BCUT2D eigenvalue weighted by Crippen LogP contribution is 2.19. The van der Waals surface area contributed by atoms with Gasteiger partial charge in [0.15, 0.2) is 0 Å². The van der Waals surface area contributed by atoms with Crippen LogP contribution in [0.15, 0.2) is 66.9 Å². The zero-order valence-electron chi connectivity index (χ0n) is 19.1. The summed E-state index contributed by atoms with van der Waals surface area (Å²) in [5.41, 5.74) is 4.64. The van der Waals surface area contributed by atoms with E-state index < -0.39 is 0 Å². The lowest BCUT2D eigenvalue weighted by molar-refractivity contribution is -0.253. The van der Waals surface area contributed by atoms with Crippen LogP contribution >= 0.6 is 0 Å². The van der Waals surface area contributed by atoms with Crippen LogP contribution in [0.25, 0.3) is 6.08 Å². The number of rotatable bonds is 10. The van der Waals surface area contributed by atoms with Crippen LogP contribution in [0, 0.1) is 6.92 Å². The Kier molecular flexibility index (Phi) is 8.03. The second-order valence-corrected chi connectivity index (χ2v) is 8.36. The summed E-state index contributed by atoms with van der Waals surface area (Å²) in [6.07, 6.45) is 5.76. The zero-order chi connectivity index (χ0) is 23.1. The van der Waals surface area contributed by atoms with E-state index in [0.717, 1.165) is 11.1 Å². The Bertz CT molecular complexity index is 1060. The summed E-state index contributed by atoms with van der Waals surface area (Å²) in [6, 6.07) is 17.5. The molecule has 1 aromatic heterocycles. The summed E-state index contributed by atoms with van der Waals surface area (Å²) in [4.78, 5) is 17.2. The van der Waals surface area contributed by atoms with Gasteiger partial charge in [-0.05, 0) is 54.7 Å². The normalized spacial score (nSPS) is 12.4. The smallest absolute Gasteiger partial charge is 0.209 e. The molecule has 0 aliphatic carbocycles. The molecule has 1 atom stereocenters. The fourth-order valence-corrected chi connectivity index (χ4v) is 3.53. The number of ether oxygens (including phenoxy) is 1. The van der Waals surface area contributed by atoms with Crippen LogP contribution in [0.3, 0.4) is 0 Å². The Hall–Kier alpha value is -3.15. The molecule has 5 heteroatoms. The number of benzene rings is 2. The van der Waals surface area contributed by atoms with Gasteiger partial charge in [-0.25, -0.2) is 4.89 Å². The van der Waals surface area contributed by atoms with Gasteiger partial charge in [0.05, 0.1) is 5.69 Å². The molecule has 32 heavy (non-hydrogen) atoms. The van der Waals surface area contributed by atoms with E-state index in [0.29, 0.717) is 29.5 Å². The second kappa shape index (κ2) is 10.9. The van der Waals surface area contributed by atoms with Gasteiger partial charge >= 0.3 is 0 Å². The third-order valence-electron chi connectivity index (χ3n) is 5.22. The highest BCUT2D eigenvalue weighted by molar-refractivity contribution is 6.08. The minimum absolute atomic E-state index is 0.0253. The molecule has 0 aliphatic heterocycles. The van der Waals surface area contributed by atoms with Crippen molar-refractivity contribution in [1.82, 2.24) is 4.57 Å². The van der Waals surface area contributed by atoms with Gasteiger partial charge in [-0.3, -0.25) is 10.1 Å². The molecule has 2 aromatic carbocycles. The van der Waals surface area contributed by atoms with Gasteiger partial charge in [0.2, 0.25) is 5.78 Å². The van der Waals surface area contributed by atoms with Crippen molar-refractivity contribution in [3.63, 3.8) is 0 Å². The first-order valence-corrected chi connectivity index (χ1v) is 10.9. The molecule has 1 N–H and O–H groups in total. The standard InChI is InChI=1S/C27H31NO4/c1-19(2)23-10-12-24(13-11-23)27(29)26-15-20(3)17-28(26)14-6-8-22-7-5-9-25(16-22)32-21(4)18-31-30/h5-13,15-17,19,21,30H,14,18H2,1-4H3/t21-/m0/s1. The number of hydrogen-bond donors (Lipinski definition) is 1. The maximum atomic E-state index is 13.1. The largest absolute Gasteiger partial charge is 0.488 e. The van der Waals surface area contributed by atoms with Gasteiger partial charge in [-0.1, -0.05) is 62.4 Å². The van der Waals surface area contributed by atoms with Gasteiger partial charge in [-0.2, -0.15) is 0 Å². The number of nitrogens with zero attached hydrogens (tertiary/aromatic N) is 1. The van der Waals surface area contributed by atoms with E-state index in [2.05, 4.69) is 18.7 Å². The van der Waals surface area contributed by atoms with Crippen LogP contribution < -0.4 is 4.74 Å². The first kappa shape index (κ1) is 23.5. The van der Waals surface area contributed by atoms with Crippen LogP contribution in [0.2, 0.25) is 0 Å². The molecule has 168 valence electrons. The average Bonchev–Trinajstić information content (AvgIpc) is 3.14. The van der Waals surface area contributed by atoms with Crippen molar-refractivity contribution in [1.29, 1.82) is 0 Å². The molecule has 0 radical (unpaired) electrons. The van der Waals surface area contributed by atoms with Gasteiger partial charge in [-0.15, -0.1) is 0 Å². The first-order chi connectivity index (χ1) is 15.4. The van der Waals surface area contributed by atoms with E-state index in [1.165, 1.54) is 5.56 Å². The lowest BCUT2D eigenvalue weighted by atomic mass is 9.99. The van der Waals surface area contributed by atoms with E-state index >= 15 is 0 Å². The van der Waals surface area contributed by atoms with Crippen LogP contribution in [0.1, 0.15) is 59.4 Å². The fourth-order valence-electron chi connectivity index (χ4n) is 3.53. The lowest BCUT2D eigenvalue weighted by Crippen LogP contribution is -2.18. The van der Waals surface area contributed by atoms with Gasteiger partial charge in [0, 0.05) is 18.3 Å². The van der Waals surface area contributed by atoms with E-state index in [9.17, 15) is 4.79 Å². The Labute approximate surface area is 189 Å². The molecule has 0 saturated carbocycles. The molecule has 0 saturated heterocycles. The third-order valence-corrected chi connectivity index (χ3v) is 5.22. The SMILES string of the molecule is Cc1cc(C(=O)c2ccc(C(C)C)cc2)n(CC=Cc2cccc(O[C@@H](C)COO)c2)c1. The number of allylic oxidation sites excluding steroid dienone is 1. The zero-order valence-corrected chi connectivity index (χ0v) is 19.1. The fraction of sp³-hybridized carbons (Fsp3) is 0.296. The third kappa shape index (κ3) is 6.19. The van der Waals surface area contributed by atoms with Crippen LogP contribution in [-0.4, -0.2) is 28.3 Å². The number of aromatic nitrogens is 1. The van der Waals surface area contributed by atoms with E-state index in [-0.39, 0.29) is 18.5 Å². The van der Waals surface area contributed by atoms with Crippen molar-refractivity contribution in [3.05, 3.63) is 94.8 Å². The topological polar surface area (TPSA) is 60.7 Å². The predicted molar refractivity (Wildman–Crippen MR) is 127 cm³/mol. The van der Waals surface area contributed by atoms with Crippen molar-refractivity contribution in [3.8, 4) is 5.75 Å². The summed E-state index contributed by atoms with van der Waals surface area (Å²) >= 11 is 0. The summed E-state index contributed by atoms with van der Waals surface area (Å²) in [5, 5.41) is 8.55. The molecule has 3 aromatic rings. The predicted octanol–water partition coefficient (Wildman–Crippen LogP) is 6.12. The molecule has 0 fully saturated rings. The van der Waals surface area contributed by atoms with Crippen molar-refractivity contribution in [2.75, 3.05) is 6.61 Å². The average molecular weight is 434 g/mol. The van der Waals surface area contributed by atoms with Crippen LogP contribution in [0.4, 0.5) is 0 Å². The Morgan fingerprint density at radius 2 is 1.84 bits per heavy atom. The maximum Gasteiger partial charge on any atom is 0.209 e. The molecule has 0 bridgehead atoms. The molecule has 0 spiro atoms. The van der Waals surface area contributed by atoms with Gasteiger partial charge in [0.1, 0.15) is 18.5 Å².